The van der Waals surface area contributed by atoms with Crippen molar-refractivity contribution in [1.29, 1.82) is 0 Å². The smallest absolute Gasteiger partial charge is 0.296 e. The van der Waals surface area contributed by atoms with E-state index in [0.29, 0.717) is 65.3 Å². The summed E-state index contributed by atoms with van der Waals surface area (Å²) in [5, 5.41) is 31.8. The molecule has 2 saturated carbocycles. The van der Waals surface area contributed by atoms with E-state index in [-0.39, 0.29) is 10.6 Å². The van der Waals surface area contributed by atoms with Crippen LogP contribution in [-0.2, 0) is 14.3 Å². The number of phenols is 1. The molecule has 4 aromatic heterocycles. The predicted octanol–water partition coefficient (Wildman–Crippen LogP) is 17.2. The number of para-hydroxylation sites is 4. The molecular weight excluding hydrogens is 1130 g/mol. The summed E-state index contributed by atoms with van der Waals surface area (Å²) >= 11 is 0. The van der Waals surface area contributed by atoms with Crippen LogP contribution in [0.2, 0.25) is 0 Å². The summed E-state index contributed by atoms with van der Waals surface area (Å²) in [5.41, 5.74) is 11.0. The van der Waals surface area contributed by atoms with Crippen molar-refractivity contribution < 1.29 is 31.3 Å². The van der Waals surface area contributed by atoms with Crippen LogP contribution in [0.15, 0.2) is 256 Å². The van der Waals surface area contributed by atoms with Crippen LogP contribution in [0, 0.1) is 42.4 Å². The second-order valence-electron chi connectivity index (χ2n) is 23.7. The van der Waals surface area contributed by atoms with Crippen LogP contribution >= 0.6 is 0 Å². The molecule has 13 aromatic rings. The summed E-state index contributed by atoms with van der Waals surface area (Å²) < 4.78 is 52.2. The SMILES string of the molecule is C1=CC2CC1CC2COc1cccc(-c2nnc(-c3cccc(-n4c5ccccc5c5ccccc54)c3)o2)c1.Cc1ccc(S(=O)(=O)OCC2CC3C=CC2C3)cc1.Oc1cccc(-c2nnc(-c3cccc(-n4c5ccccc5c5ccccc54)c3)o2)c1. The average Bonchev–Trinajstić information content (AvgIpc) is 1.72. The first kappa shape index (κ1) is 55.4. The van der Waals surface area contributed by atoms with E-state index >= 15 is 0 Å². The van der Waals surface area contributed by atoms with Crippen LogP contribution in [-0.4, -0.2) is 56.3 Å². The number of aryl methyl sites for hydroxylation is 1. The maximum absolute atomic E-state index is 12.1. The van der Waals surface area contributed by atoms with Gasteiger partial charge in [-0.05, 0) is 177 Å². The summed E-state index contributed by atoms with van der Waals surface area (Å²) in [6.07, 6.45) is 13.9. The maximum atomic E-state index is 12.1. The van der Waals surface area contributed by atoms with Gasteiger partial charge in [-0.1, -0.05) is 139 Å². The molecule has 4 aliphatic rings. The molecule has 1 N–H and O–H groups in total. The Bertz CT molecular complexity index is 4840. The number of hydrogen-bond donors (Lipinski definition) is 1. The van der Waals surface area contributed by atoms with Crippen molar-refractivity contribution in [1.82, 2.24) is 29.5 Å². The van der Waals surface area contributed by atoms with Gasteiger partial charge in [-0.15, -0.1) is 20.4 Å². The molecule has 0 radical (unpaired) electrons. The van der Waals surface area contributed by atoms with Crippen LogP contribution < -0.4 is 4.74 Å². The summed E-state index contributed by atoms with van der Waals surface area (Å²) in [4.78, 5) is 0.247. The average molecular weight is 1190 g/mol. The lowest BCUT2D eigenvalue weighted by Gasteiger charge is -2.18. The van der Waals surface area contributed by atoms with E-state index in [4.69, 9.17) is 17.8 Å². The predicted molar refractivity (Wildman–Crippen MR) is 348 cm³/mol. The minimum atomic E-state index is -3.61. The molecule has 0 spiro atoms. The fourth-order valence-corrected chi connectivity index (χ4v) is 14.5. The Hall–Kier alpha value is -10.2. The van der Waals surface area contributed by atoms with E-state index < -0.39 is 10.1 Å². The number of nitrogens with zero attached hydrogens (tertiary/aromatic N) is 6. The number of phenolic OH excluding ortho intramolecular Hbond substituents is 1. The van der Waals surface area contributed by atoms with Gasteiger partial charge in [0.25, 0.3) is 10.1 Å². The third-order valence-corrected chi connectivity index (χ3v) is 19.2. The molecule has 13 nitrogen and oxygen atoms in total. The largest absolute Gasteiger partial charge is 0.508 e. The Balaban J connectivity index is 0.000000118. The molecule has 6 atom stereocenters. The van der Waals surface area contributed by atoms with Gasteiger partial charge in [0.05, 0.1) is 40.2 Å². The van der Waals surface area contributed by atoms with Crippen LogP contribution in [0.3, 0.4) is 0 Å². The summed E-state index contributed by atoms with van der Waals surface area (Å²) in [5.74, 6) is 6.32. The zero-order valence-electron chi connectivity index (χ0n) is 48.8. The normalized spacial score (nSPS) is 18.8. The first-order chi connectivity index (χ1) is 43.6. The van der Waals surface area contributed by atoms with Crippen LogP contribution in [0.5, 0.6) is 11.5 Å². The van der Waals surface area contributed by atoms with Gasteiger partial charge in [-0.3, -0.25) is 4.18 Å². The minimum absolute atomic E-state index is 0.158. The van der Waals surface area contributed by atoms with Crippen LogP contribution in [0.4, 0.5) is 0 Å². The molecule has 440 valence electrons. The standard InChI is InChI=1S/C34H27N3O2.C26H17N3O2.C15H18O3S/c1-3-13-31-29(11-1)30-12-2-4-14-32(30)37(31)27-9-5-7-24(19-27)33-35-36-34(39-33)25-8-6-10-28(20-25)38-21-26-18-22-15-16-23(26)17-22;30-20-10-6-8-18(16-20)26-28-27-25(31-26)17-7-5-9-19(15-17)29-23-13-3-1-11-21(23)22-12-2-4-14-24(22)29;1-11-2-6-15(7-3-11)19(16,17)18-10-14-9-12-4-5-13(14)8-12/h1-16,19-20,22-23,26H,17-18,21H2;1-16,30H;2-7,12-14H,8-10H2,1H3. The van der Waals surface area contributed by atoms with Gasteiger partial charge in [-0.2, -0.15) is 8.42 Å². The van der Waals surface area contributed by atoms with Gasteiger partial charge in [0.1, 0.15) is 11.5 Å². The van der Waals surface area contributed by atoms with Crippen molar-refractivity contribution in [3.05, 3.63) is 248 Å². The number of hydrogen-bond acceptors (Lipinski definition) is 11. The molecule has 4 heterocycles. The van der Waals surface area contributed by atoms with E-state index in [1.54, 1.807) is 42.5 Å². The molecule has 4 bridgehead atoms. The van der Waals surface area contributed by atoms with Crippen molar-refractivity contribution >= 4 is 53.7 Å². The number of aromatic hydroxyl groups is 1. The molecule has 0 aliphatic heterocycles. The van der Waals surface area contributed by atoms with E-state index in [1.165, 1.54) is 51.8 Å². The molecule has 17 rings (SSSR count). The number of allylic oxidation sites excluding steroid dienone is 4. The molecule has 0 saturated heterocycles. The highest BCUT2D eigenvalue weighted by Gasteiger charge is 2.37. The van der Waals surface area contributed by atoms with Crippen molar-refractivity contribution in [3.63, 3.8) is 0 Å². The maximum Gasteiger partial charge on any atom is 0.296 e. The molecule has 4 aliphatic carbocycles. The lowest BCUT2D eigenvalue weighted by Crippen LogP contribution is -2.18. The van der Waals surface area contributed by atoms with Crippen molar-refractivity contribution in [2.75, 3.05) is 13.2 Å². The van der Waals surface area contributed by atoms with E-state index in [0.717, 1.165) is 69.4 Å². The van der Waals surface area contributed by atoms with Crippen molar-refractivity contribution in [2.45, 2.75) is 37.5 Å². The molecule has 6 unspecified atom stereocenters. The van der Waals surface area contributed by atoms with Crippen LogP contribution in [0.25, 0.3) is 101 Å². The summed E-state index contributed by atoms with van der Waals surface area (Å²) in [6.45, 7) is 2.99. The quantitative estimate of drug-likeness (QED) is 0.0864. The molecule has 89 heavy (non-hydrogen) atoms. The number of aromatic nitrogens is 6. The van der Waals surface area contributed by atoms with Gasteiger partial charge in [0, 0.05) is 55.2 Å². The number of fused-ring (bicyclic) bond motifs is 10. The van der Waals surface area contributed by atoms with Crippen molar-refractivity contribution in [3.8, 4) is 68.7 Å². The zero-order chi connectivity index (χ0) is 60.0. The lowest BCUT2D eigenvalue weighted by atomic mass is 9.95. The fraction of sp³-hybridized carbons (Fsp3) is 0.173. The third kappa shape index (κ3) is 11.1. The summed E-state index contributed by atoms with van der Waals surface area (Å²) in [7, 11) is -3.61. The monoisotopic (exact) mass is 1190 g/mol. The Morgan fingerprint density at radius 3 is 1.30 bits per heavy atom. The third-order valence-electron chi connectivity index (χ3n) is 17.9. The van der Waals surface area contributed by atoms with Gasteiger partial charge in [0.15, 0.2) is 0 Å². The number of rotatable bonds is 13. The van der Waals surface area contributed by atoms with Gasteiger partial charge < -0.3 is 27.8 Å². The molecule has 0 amide bonds. The number of benzene rings is 9. The van der Waals surface area contributed by atoms with E-state index in [9.17, 15) is 13.5 Å². The fourth-order valence-electron chi connectivity index (χ4n) is 13.6. The summed E-state index contributed by atoms with van der Waals surface area (Å²) in [6, 6.07) is 71.7. The Morgan fingerprint density at radius 2 is 0.865 bits per heavy atom. The minimum Gasteiger partial charge on any atom is -0.508 e. The lowest BCUT2D eigenvalue weighted by molar-refractivity contribution is 0.228. The zero-order valence-corrected chi connectivity index (χ0v) is 49.6. The topological polar surface area (TPSA) is 161 Å². The van der Waals surface area contributed by atoms with Gasteiger partial charge >= 0.3 is 0 Å². The first-order valence-electron chi connectivity index (χ1n) is 30.3. The van der Waals surface area contributed by atoms with Crippen molar-refractivity contribution in [2.24, 2.45) is 35.5 Å². The highest BCUT2D eigenvalue weighted by Crippen LogP contribution is 2.45. The highest BCUT2D eigenvalue weighted by molar-refractivity contribution is 7.86. The Kier molecular flexibility index (Phi) is 14.6. The van der Waals surface area contributed by atoms with Gasteiger partial charge in [-0.25, -0.2) is 0 Å². The van der Waals surface area contributed by atoms with Crippen LogP contribution in [0.1, 0.15) is 31.2 Å². The Morgan fingerprint density at radius 1 is 0.449 bits per heavy atom. The highest BCUT2D eigenvalue weighted by atomic mass is 32.2. The Labute approximate surface area is 515 Å². The second kappa shape index (κ2) is 23.5. The second-order valence-corrected chi connectivity index (χ2v) is 25.3. The molecule has 14 heteroatoms. The molecular formula is C75H62N6O7S. The van der Waals surface area contributed by atoms with Gasteiger partial charge in [0.2, 0.25) is 23.6 Å². The van der Waals surface area contributed by atoms with E-state index in [2.05, 4.69) is 175 Å². The molecule has 2 fully saturated rings. The number of ether oxygens (including phenoxy) is 1. The van der Waals surface area contributed by atoms with E-state index in [1.807, 2.05) is 61.5 Å². The first-order valence-corrected chi connectivity index (χ1v) is 31.7. The molecule has 9 aromatic carbocycles.